The van der Waals surface area contributed by atoms with Crippen LogP contribution in [0.15, 0.2) is 53.5 Å². The summed E-state index contributed by atoms with van der Waals surface area (Å²) in [6, 6.07) is 12.7. The number of aromatic amines is 1. The molecule has 3 rings (SSSR count). The molecule has 0 bridgehead atoms. The van der Waals surface area contributed by atoms with E-state index in [9.17, 15) is 9.90 Å². The molecule has 0 unspecified atom stereocenters. The zero-order valence-electron chi connectivity index (χ0n) is 9.42. The van der Waals surface area contributed by atoms with Gasteiger partial charge in [-0.1, -0.05) is 30.3 Å². The van der Waals surface area contributed by atoms with E-state index in [-0.39, 0.29) is 11.3 Å². The Balaban J connectivity index is 2.30. The predicted octanol–water partition coefficient (Wildman–Crippen LogP) is 2.30. The average molecular weight is 238 g/mol. The fourth-order valence-corrected chi connectivity index (χ4v) is 2.01. The lowest BCUT2D eigenvalue weighted by molar-refractivity contribution is 0.483. The summed E-state index contributed by atoms with van der Waals surface area (Å²) in [5.74, 6) is 0.167. The molecule has 2 aromatic carbocycles. The van der Waals surface area contributed by atoms with Crippen LogP contribution in [0.5, 0.6) is 5.75 Å². The summed E-state index contributed by atoms with van der Waals surface area (Å²) >= 11 is 0. The Morgan fingerprint density at radius 3 is 2.78 bits per heavy atom. The van der Waals surface area contributed by atoms with E-state index < -0.39 is 0 Å². The van der Waals surface area contributed by atoms with Gasteiger partial charge in [0.05, 0.1) is 6.20 Å². The number of phenolic OH excluding ortho intramolecular Hbond substituents is 1. The van der Waals surface area contributed by atoms with Gasteiger partial charge < -0.3 is 5.11 Å². The SMILES string of the molecule is O=c1cc(-c2ccc3ccccc3c2O)cn[nH]1. The number of fused-ring (bicyclic) bond motifs is 1. The highest BCUT2D eigenvalue weighted by Crippen LogP contribution is 2.34. The molecule has 0 spiro atoms. The Hall–Kier alpha value is -2.62. The fraction of sp³-hybridized carbons (Fsp3) is 0. The van der Waals surface area contributed by atoms with Gasteiger partial charge in [-0.25, -0.2) is 5.10 Å². The number of aromatic nitrogens is 2. The van der Waals surface area contributed by atoms with Crippen molar-refractivity contribution in [1.82, 2.24) is 10.2 Å². The van der Waals surface area contributed by atoms with E-state index in [1.807, 2.05) is 30.3 Å². The molecular formula is C14H10N2O2. The van der Waals surface area contributed by atoms with E-state index in [1.165, 1.54) is 12.3 Å². The van der Waals surface area contributed by atoms with Gasteiger partial charge in [0.2, 0.25) is 0 Å². The predicted molar refractivity (Wildman–Crippen MR) is 69.5 cm³/mol. The molecular weight excluding hydrogens is 228 g/mol. The van der Waals surface area contributed by atoms with E-state index in [1.54, 1.807) is 6.07 Å². The largest absolute Gasteiger partial charge is 0.507 e. The second-order valence-corrected chi connectivity index (χ2v) is 4.02. The lowest BCUT2D eigenvalue weighted by Crippen LogP contribution is -2.05. The number of phenols is 1. The topological polar surface area (TPSA) is 66.0 Å². The molecule has 4 nitrogen and oxygen atoms in total. The van der Waals surface area contributed by atoms with E-state index in [2.05, 4.69) is 10.2 Å². The van der Waals surface area contributed by atoms with Crippen molar-refractivity contribution >= 4 is 10.8 Å². The van der Waals surface area contributed by atoms with Gasteiger partial charge in [-0.3, -0.25) is 4.79 Å². The number of rotatable bonds is 1. The highest BCUT2D eigenvalue weighted by Gasteiger charge is 2.08. The van der Waals surface area contributed by atoms with Crippen LogP contribution in [0, 0.1) is 0 Å². The van der Waals surface area contributed by atoms with Crippen LogP contribution in [0.2, 0.25) is 0 Å². The molecule has 0 aliphatic heterocycles. The standard InChI is InChI=1S/C14H10N2O2/c17-13-7-10(8-15-16-13)12-6-5-9-3-1-2-4-11(9)14(12)18/h1-8,18H,(H,16,17). The van der Waals surface area contributed by atoms with E-state index in [4.69, 9.17) is 0 Å². The maximum Gasteiger partial charge on any atom is 0.264 e. The monoisotopic (exact) mass is 238 g/mol. The Kier molecular flexibility index (Phi) is 2.34. The van der Waals surface area contributed by atoms with Crippen LogP contribution in [-0.2, 0) is 0 Å². The van der Waals surface area contributed by atoms with Crippen molar-refractivity contribution < 1.29 is 5.11 Å². The minimum atomic E-state index is -0.292. The molecule has 0 amide bonds. The zero-order chi connectivity index (χ0) is 12.5. The van der Waals surface area contributed by atoms with Gasteiger partial charge >= 0.3 is 0 Å². The summed E-state index contributed by atoms with van der Waals surface area (Å²) in [5.41, 5.74) is 0.911. The normalized spacial score (nSPS) is 10.7. The molecule has 0 saturated heterocycles. The van der Waals surface area contributed by atoms with Crippen molar-refractivity contribution in [1.29, 1.82) is 0 Å². The summed E-state index contributed by atoms with van der Waals surface area (Å²) in [4.78, 5) is 11.2. The zero-order valence-corrected chi connectivity index (χ0v) is 9.42. The Bertz CT molecular complexity index is 778. The fourth-order valence-electron chi connectivity index (χ4n) is 2.01. The van der Waals surface area contributed by atoms with Crippen LogP contribution >= 0.6 is 0 Å². The van der Waals surface area contributed by atoms with Crippen LogP contribution in [0.4, 0.5) is 0 Å². The first-order chi connectivity index (χ1) is 8.75. The quantitative estimate of drug-likeness (QED) is 0.683. The summed E-state index contributed by atoms with van der Waals surface area (Å²) in [6.07, 6.45) is 1.52. The molecule has 0 aliphatic rings. The van der Waals surface area contributed by atoms with E-state index in [0.717, 1.165) is 10.8 Å². The first-order valence-corrected chi connectivity index (χ1v) is 5.51. The molecule has 4 heteroatoms. The maximum atomic E-state index is 11.2. The van der Waals surface area contributed by atoms with Crippen molar-refractivity contribution in [2.75, 3.05) is 0 Å². The van der Waals surface area contributed by atoms with Gasteiger partial charge in [-0.2, -0.15) is 5.10 Å². The van der Waals surface area contributed by atoms with Gasteiger partial charge in [0.25, 0.3) is 5.56 Å². The second kappa shape index (κ2) is 4.00. The van der Waals surface area contributed by atoms with Crippen molar-refractivity contribution in [2.45, 2.75) is 0 Å². The molecule has 2 N–H and O–H groups in total. The van der Waals surface area contributed by atoms with Crippen LogP contribution in [-0.4, -0.2) is 15.3 Å². The lowest BCUT2D eigenvalue weighted by Gasteiger charge is -2.07. The van der Waals surface area contributed by atoms with Crippen LogP contribution in [0.3, 0.4) is 0 Å². The summed E-state index contributed by atoms with van der Waals surface area (Å²) in [7, 11) is 0. The molecule has 1 aromatic heterocycles. The average Bonchev–Trinajstić information content (AvgIpc) is 2.39. The van der Waals surface area contributed by atoms with Crippen molar-refractivity contribution in [3.63, 3.8) is 0 Å². The molecule has 0 aliphatic carbocycles. The number of aromatic hydroxyl groups is 1. The third-order valence-electron chi connectivity index (χ3n) is 2.88. The highest BCUT2D eigenvalue weighted by molar-refractivity contribution is 5.94. The van der Waals surface area contributed by atoms with E-state index in [0.29, 0.717) is 11.1 Å². The molecule has 88 valence electrons. The number of nitrogens with one attached hydrogen (secondary N) is 1. The van der Waals surface area contributed by atoms with Gasteiger partial charge in [0.15, 0.2) is 0 Å². The van der Waals surface area contributed by atoms with Gasteiger partial charge in [0.1, 0.15) is 5.75 Å². The van der Waals surface area contributed by atoms with Crippen LogP contribution in [0.1, 0.15) is 0 Å². The Morgan fingerprint density at radius 2 is 1.94 bits per heavy atom. The van der Waals surface area contributed by atoms with Crippen molar-refractivity contribution in [3.05, 3.63) is 59.0 Å². The van der Waals surface area contributed by atoms with Crippen LogP contribution < -0.4 is 5.56 Å². The summed E-state index contributed by atoms with van der Waals surface area (Å²) < 4.78 is 0. The molecule has 0 saturated carbocycles. The van der Waals surface area contributed by atoms with Crippen LogP contribution in [0.25, 0.3) is 21.9 Å². The van der Waals surface area contributed by atoms with Crippen molar-refractivity contribution in [3.8, 4) is 16.9 Å². The summed E-state index contributed by atoms with van der Waals surface area (Å²) in [6.45, 7) is 0. The van der Waals surface area contributed by atoms with E-state index >= 15 is 0 Å². The molecule has 0 atom stereocenters. The summed E-state index contributed by atoms with van der Waals surface area (Å²) in [5, 5.41) is 18.0. The third-order valence-corrected chi connectivity index (χ3v) is 2.88. The molecule has 1 heterocycles. The lowest BCUT2D eigenvalue weighted by atomic mass is 10.0. The van der Waals surface area contributed by atoms with Crippen molar-refractivity contribution in [2.24, 2.45) is 0 Å². The van der Waals surface area contributed by atoms with Gasteiger partial charge in [-0.15, -0.1) is 0 Å². The third kappa shape index (κ3) is 1.64. The first-order valence-electron chi connectivity index (χ1n) is 5.51. The molecule has 3 aromatic rings. The maximum absolute atomic E-state index is 11.2. The number of hydrogen-bond donors (Lipinski definition) is 2. The first kappa shape index (κ1) is 10.5. The number of H-pyrrole nitrogens is 1. The minimum absolute atomic E-state index is 0.167. The Morgan fingerprint density at radius 1 is 1.11 bits per heavy atom. The Labute approximate surface area is 103 Å². The minimum Gasteiger partial charge on any atom is -0.507 e. The number of benzene rings is 2. The molecule has 18 heavy (non-hydrogen) atoms. The smallest absolute Gasteiger partial charge is 0.264 e. The number of nitrogens with zero attached hydrogens (tertiary/aromatic N) is 1. The van der Waals surface area contributed by atoms with Gasteiger partial charge in [0, 0.05) is 22.6 Å². The number of hydrogen-bond acceptors (Lipinski definition) is 3. The second-order valence-electron chi connectivity index (χ2n) is 4.02. The molecule has 0 radical (unpaired) electrons. The molecule has 0 fully saturated rings. The van der Waals surface area contributed by atoms with Gasteiger partial charge in [-0.05, 0) is 11.5 Å². The highest BCUT2D eigenvalue weighted by atomic mass is 16.3.